The lowest BCUT2D eigenvalue weighted by atomic mass is 9.86. The van der Waals surface area contributed by atoms with Crippen LogP contribution in [0.25, 0.3) is 100 Å². The molecule has 0 atom stereocenters. The summed E-state index contributed by atoms with van der Waals surface area (Å²) in [6, 6.07) is 63.0. The first kappa shape index (κ1) is 39.9. The quantitative estimate of drug-likeness (QED) is 0.135. The zero-order valence-electron chi connectivity index (χ0n) is 34.2. The molecule has 10 rings (SSSR count). The molecule has 0 unspecified atom stereocenters. The summed E-state index contributed by atoms with van der Waals surface area (Å²) in [5, 5.41) is 0. The largest absolute Gasteiger partial charge is 0.256 e. The summed E-state index contributed by atoms with van der Waals surface area (Å²) in [6.45, 7) is 0. The molecule has 0 aliphatic rings. The second-order valence-electron chi connectivity index (χ2n) is 15.5. The van der Waals surface area contributed by atoms with Crippen LogP contribution in [0.15, 0.2) is 219 Å². The van der Waals surface area contributed by atoms with Crippen LogP contribution in [0.2, 0.25) is 0 Å². The number of halogens is 4. The van der Waals surface area contributed by atoms with Gasteiger partial charge in [-0.15, -0.1) is 0 Å². The fraction of sp³-hybridized carbons (Fsp3) is 0. The molecule has 2 aromatic heterocycles. The Kier molecular flexibility index (Phi) is 10.8. The van der Waals surface area contributed by atoms with E-state index in [1.54, 1.807) is 30.5 Å². The van der Waals surface area contributed by atoms with Crippen LogP contribution in [0.3, 0.4) is 0 Å². The molecule has 0 aliphatic carbocycles. The van der Waals surface area contributed by atoms with E-state index < -0.39 is 17.5 Å². The van der Waals surface area contributed by atoms with Gasteiger partial charge in [-0.3, -0.25) is 9.97 Å². The molecular formula is C58H36F4N2. The number of nitrogens with zero attached hydrogens (tertiary/aromatic N) is 2. The van der Waals surface area contributed by atoms with Crippen molar-refractivity contribution in [2.45, 2.75) is 0 Å². The highest BCUT2D eigenvalue weighted by atomic mass is 19.1. The Hall–Kier alpha value is -8.22. The second kappa shape index (κ2) is 17.3. The first-order valence-corrected chi connectivity index (χ1v) is 20.8. The molecule has 0 saturated heterocycles. The third-order valence-corrected chi connectivity index (χ3v) is 11.5. The molecule has 0 N–H and O–H groups in total. The molecule has 2 heterocycles. The van der Waals surface area contributed by atoms with Gasteiger partial charge in [0.25, 0.3) is 0 Å². The highest BCUT2D eigenvalue weighted by Gasteiger charge is 2.19. The van der Waals surface area contributed by atoms with Gasteiger partial charge in [0, 0.05) is 40.7 Å². The minimum atomic E-state index is -0.722. The molecule has 6 heteroatoms. The van der Waals surface area contributed by atoms with Gasteiger partial charge in [0.05, 0.1) is 11.4 Å². The van der Waals surface area contributed by atoms with Crippen LogP contribution in [0.4, 0.5) is 17.6 Å². The highest BCUT2D eigenvalue weighted by molar-refractivity contribution is 5.95. The molecule has 2 nitrogen and oxygen atoms in total. The monoisotopic (exact) mass is 836 g/mol. The van der Waals surface area contributed by atoms with Crippen LogP contribution < -0.4 is 0 Å². The van der Waals surface area contributed by atoms with Crippen LogP contribution in [0.5, 0.6) is 0 Å². The topological polar surface area (TPSA) is 25.8 Å². The fourth-order valence-electron chi connectivity index (χ4n) is 8.31. The number of hydrogen-bond donors (Lipinski definition) is 0. The Morgan fingerprint density at radius 1 is 0.234 bits per heavy atom. The van der Waals surface area contributed by atoms with E-state index in [1.807, 2.05) is 91.1 Å². The first-order valence-electron chi connectivity index (χ1n) is 20.8. The van der Waals surface area contributed by atoms with Gasteiger partial charge >= 0.3 is 0 Å². The standard InChI is InChI=1S/C58H36F4N2/c59-46-15-9-14-41(31-46)43-28-44(30-45(29-43)53-32-47(60)23-25-50(53)42-22-27-57(63-35-42)52-26-24-48(61)33-56(52)62)49-16-7-8-17-51(49)55-36-64-58(40-12-5-2-6-13-40)34-54(55)39-20-18-38(19-21-39)37-10-3-1-4-11-37/h1-36H. The summed E-state index contributed by atoms with van der Waals surface area (Å²) in [7, 11) is 0. The van der Waals surface area contributed by atoms with Crippen LogP contribution in [-0.4, -0.2) is 9.97 Å². The Bertz CT molecular complexity index is 3290. The Morgan fingerprint density at radius 2 is 0.766 bits per heavy atom. The number of rotatable bonds is 9. The van der Waals surface area contributed by atoms with Crippen molar-refractivity contribution in [2.75, 3.05) is 0 Å². The minimum absolute atomic E-state index is 0.163. The van der Waals surface area contributed by atoms with Crippen molar-refractivity contribution >= 4 is 0 Å². The van der Waals surface area contributed by atoms with E-state index in [4.69, 9.17) is 4.98 Å². The van der Waals surface area contributed by atoms with E-state index in [9.17, 15) is 13.2 Å². The first-order chi connectivity index (χ1) is 31.3. The molecule has 0 amide bonds. The smallest absolute Gasteiger partial charge is 0.135 e. The average Bonchev–Trinajstić information content (AvgIpc) is 3.34. The third-order valence-electron chi connectivity index (χ3n) is 11.5. The van der Waals surface area contributed by atoms with E-state index in [0.717, 1.165) is 67.4 Å². The van der Waals surface area contributed by atoms with Gasteiger partial charge in [0.2, 0.25) is 0 Å². The van der Waals surface area contributed by atoms with E-state index in [1.165, 1.54) is 36.4 Å². The number of pyridine rings is 2. The van der Waals surface area contributed by atoms with Crippen molar-refractivity contribution in [3.63, 3.8) is 0 Å². The summed E-state index contributed by atoms with van der Waals surface area (Å²) in [6.07, 6.45) is 3.53. The lowest BCUT2D eigenvalue weighted by Crippen LogP contribution is -1.95. The van der Waals surface area contributed by atoms with Gasteiger partial charge in [-0.1, -0.05) is 133 Å². The number of hydrogen-bond acceptors (Lipinski definition) is 2. The lowest BCUT2D eigenvalue weighted by molar-refractivity contribution is 0.585. The summed E-state index contributed by atoms with van der Waals surface area (Å²) in [4.78, 5) is 9.55. The lowest BCUT2D eigenvalue weighted by Gasteiger charge is -2.18. The number of aromatic nitrogens is 2. The average molecular weight is 837 g/mol. The summed E-state index contributed by atoms with van der Waals surface area (Å²) in [5.41, 5.74) is 14.1. The van der Waals surface area contributed by atoms with Gasteiger partial charge in [0.15, 0.2) is 0 Å². The third kappa shape index (κ3) is 8.13. The molecule has 8 aromatic carbocycles. The van der Waals surface area contributed by atoms with Crippen molar-refractivity contribution in [2.24, 2.45) is 0 Å². The van der Waals surface area contributed by atoms with Crippen molar-refractivity contribution in [1.82, 2.24) is 9.97 Å². The van der Waals surface area contributed by atoms with Crippen molar-refractivity contribution < 1.29 is 17.6 Å². The highest BCUT2D eigenvalue weighted by Crippen LogP contribution is 2.43. The SMILES string of the molecule is Fc1cccc(-c2cc(-c3cc(F)ccc3-c3ccc(-c4ccc(F)cc4F)nc3)cc(-c3ccccc3-c3cnc(-c4ccccc4)cc3-c3ccc(-c4ccccc4)cc3)c2)c1. The molecule has 306 valence electrons. The van der Waals surface area contributed by atoms with Gasteiger partial charge in [-0.25, -0.2) is 17.6 Å². The van der Waals surface area contributed by atoms with Crippen LogP contribution >= 0.6 is 0 Å². The maximum atomic E-state index is 15.4. The molecule has 0 bridgehead atoms. The van der Waals surface area contributed by atoms with Crippen molar-refractivity contribution in [1.29, 1.82) is 0 Å². The molecule has 64 heavy (non-hydrogen) atoms. The Labute approximate surface area is 368 Å². The van der Waals surface area contributed by atoms with E-state index in [-0.39, 0.29) is 11.4 Å². The van der Waals surface area contributed by atoms with E-state index >= 15 is 4.39 Å². The predicted molar refractivity (Wildman–Crippen MR) is 251 cm³/mol. The van der Waals surface area contributed by atoms with Gasteiger partial charge in [-0.05, 0) is 133 Å². The van der Waals surface area contributed by atoms with Gasteiger partial charge < -0.3 is 0 Å². The van der Waals surface area contributed by atoms with E-state index in [2.05, 4.69) is 59.6 Å². The maximum Gasteiger partial charge on any atom is 0.135 e. The predicted octanol–water partition coefficient (Wildman–Crippen LogP) is 16.0. The Morgan fingerprint density at radius 3 is 1.47 bits per heavy atom. The molecular weight excluding hydrogens is 801 g/mol. The Balaban J connectivity index is 1.14. The van der Waals surface area contributed by atoms with Crippen molar-refractivity contribution in [3.8, 4) is 100 Å². The normalized spacial score (nSPS) is 11.1. The van der Waals surface area contributed by atoms with Gasteiger partial charge in [-0.2, -0.15) is 0 Å². The molecule has 0 spiro atoms. The molecule has 10 aromatic rings. The zero-order valence-corrected chi connectivity index (χ0v) is 34.2. The van der Waals surface area contributed by atoms with Crippen LogP contribution in [0, 0.1) is 23.3 Å². The second-order valence-corrected chi connectivity index (χ2v) is 15.5. The molecule has 0 saturated carbocycles. The minimum Gasteiger partial charge on any atom is -0.256 e. The molecule has 0 fully saturated rings. The molecule has 0 aliphatic heterocycles. The fourth-order valence-corrected chi connectivity index (χ4v) is 8.31. The van der Waals surface area contributed by atoms with Crippen LogP contribution in [0.1, 0.15) is 0 Å². The molecule has 0 radical (unpaired) electrons. The summed E-state index contributed by atoms with van der Waals surface area (Å²) in [5.74, 6) is -2.22. The number of benzene rings is 8. The van der Waals surface area contributed by atoms with Crippen LogP contribution in [-0.2, 0) is 0 Å². The summed E-state index contributed by atoms with van der Waals surface area (Å²) >= 11 is 0. The van der Waals surface area contributed by atoms with Gasteiger partial charge in [0.1, 0.15) is 23.3 Å². The van der Waals surface area contributed by atoms with Crippen molar-refractivity contribution in [3.05, 3.63) is 242 Å². The maximum absolute atomic E-state index is 15.4. The zero-order chi connectivity index (χ0) is 43.6. The summed E-state index contributed by atoms with van der Waals surface area (Å²) < 4.78 is 58.8. The van der Waals surface area contributed by atoms with E-state index in [0.29, 0.717) is 33.5 Å².